The molecule has 2 N–H and O–H groups in total. The third-order valence-corrected chi connectivity index (χ3v) is 5.81. The molecule has 1 aromatic heterocycles. The van der Waals surface area contributed by atoms with Crippen LogP contribution in [0.5, 0.6) is 0 Å². The Bertz CT molecular complexity index is 1220. The van der Waals surface area contributed by atoms with E-state index in [1.807, 2.05) is 35.4 Å². The zero-order chi connectivity index (χ0) is 24.8. The maximum absolute atomic E-state index is 13.5. The molecular formula is C25H26FN7O2. The van der Waals surface area contributed by atoms with Crippen LogP contribution in [0.2, 0.25) is 0 Å². The van der Waals surface area contributed by atoms with Crippen LogP contribution in [0, 0.1) is 23.2 Å². The number of benzene rings is 2. The van der Waals surface area contributed by atoms with Crippen LogP contribution in [0.25, 0.3) is 11.3 Å². The van der Waals surface area contributed by atoms with Crippen molar-refractivity contribution in [2.24, 2.45) is 10.9 Å². The molecule has 0 aliphatic carbocycles. The second-order valence-electron chi connectivity index (χ2n) is 8.48. The number of rotatable bonds is 4. The number of anilines is 1. The standard InChI is InChI=1S/C25H26FN7O2/c1-17(2)22-14-32(25(34)31-21-5-3-4-19(26)12-21)10-11-33(22)24(29-15-27)30-20-8-6-18(7-9-20)23-13-28-16-35-23/h3-9,12-13,16-17,22H,10-11,14H2,1-2H3,(H,29,30)(H,31,34). The smallest absolute Gasteiger partial charge is 0.321 e. The number of nitrogens with zero attached hydrogens (tertiary/aromatic N) is 5. The third-order valence-electron chi connectivity index (χ3n) is 5.81. The Morgan fingerprint density at radius 2 is 2.06 bits per heavy atom. The monoisotopic (exact) mass is 475 g/mol. The highest BCUT2D eigenvalue weighted by atomic mass is 19.1. The number of piperazine rings is 1. The first kappa shape index (κ1) is 23.8. The number of aromatic nitrogens is 1. The van der Waals surface area contributed by atoms with Gasteiger partial charge in [-0.1, -0.05) is 19.9 Å². The van der Waals surface area contributed by atoms with Crippen LogP contribution in [0.3, 0.4) is 0 Å². The number of amides is 2. The van der Waals surface area contributed by atoms with Gasteiger partial charge in [0.05, 0.1) is 17.9 Å². The van der Waals surface area contributed by atoms with Crippen molar-refractivity contribution in [3.63, 3.8) is 0 Å². The number of hydrogen-bond acceptors (Lipinski definition) is 5. The van der Waals surface area contributed by atoms with Crippen molar-refractivity contribution in [3.05, 3.63) is 66.9 Å². The van der Waals surface area contributed by atoms with E-state index in [0.717, 1.165) is 5.56 Å². The molecule has 1 aliphatic heterocycles. The first-order valence-electron chi connectivity index (χ1n) is 11.3. The molecule has 2 heterocycles. The molecule has 1 unspecified atom stereocenters. The zero-order valence-electron chi connectivity index (χ0n) is 19.5. The van der Waals surface area contributed by atoms with E-state index in [-0.39, 0.29) is 18.0 Å². The first-order chi connectivity index (χ1) is 16.9. The molecule has 1 fully saturated rings. The Kier molecular flexibility index (Phi) is 7.26. The molecule has 10 heteroatoms. The molecule has 35 heavy (non-hydrogen) atoms. The van der Waals surface area contributed by atoms with E-state index in [2.05, 4.69) is 34.5 Å². The van der Waals surface area contributed by atoms with E-state index in [0.29, 0.717) is 42.7 Å². The summed E-state index contributed by atoms with van der Waals surface area (Å²) in [5.74, 6) is 0.830. The summed E-state index contributed by atoms with van der Waals surface area (Å²) in [7, 11) is 0. The molecule has 0 radical (unpaired) electrons. The third kappa shape index (κ3) is 5.76. The van der Waals surface area contributed by atoms with Crippen molar-refractivity contribution in [2.45, 2.75) is 19.9 Å². The molecule has 180 valence electrons. The maximum atomic E-state index is 13.5. The summed E-state index contributed by atoms with van der Waals surface area (Å²) < 4.78 is 18.8. The van der Waals surface area contributed by atoms with Gasteiger partial charge in [-0.3, -0.25) is 5.32 Å². The van der Waals surface area contributed by atoms with Crippen LogP contribution in [0.1, 0.15) is 13.8 Å². The molecule has 3 aromatic rings. The number of hydrogen-bond donors (Lipinski definition) is 2. The normalized spacial score (nSPS) is 16.2. The largest absolute Gasteiger partial charge is 0.444 e. The summed E-state index contributed by atoms with van der Waals surface area (Å²) in [4.78, 5) is 25.2. The summed E-state index contributed by atoms with van der Waals surface area (Å²) in [5, 5.41) is 14.8. The molecule has 1 aliphatic rings. The Labute approximate surface area is 202 Å². The second-order valence-corrected chi connectivity index (χ2v) is 8.48. The van der Waals surface area contributed by atoms with Gasteiger partial charge in [0.2, 0.25) is 5.96 Å². The second kappa shape index (κ2) is 10.7. The lowest BCUT2D eigenvalue weighted by atomic mass is 10.00. The lowest BCUT2D eigenvalue weighted by Crippen LogP contribution is -2.60. The average molecular weight is 476 g/mol. The highest BCUT2D eigenvalue weighted by Gasteiger charge is 2.33. The number of guanidine groups is 1. The van der Waals surface area contributed by atoms with Crippen LogP contribution in [-0.2, 0) is 0 Å². The highest BCUT2D eigenvalue weighted by Crippen LogP contribution is 2.24. The molecule has 9 nitrogen and oxygen atoms in total. The molecule has 0 spiro atoms. The van der Waals surface area contributed by atoms with Crippen molar-refractivity contribution in [3.8, 4) is 17.5 Å². The van der Waals surface area contributed by atoms with Gasteiger partial charge >= 0.3 is 6.03 Å². The summed E-state index contributed by atoms with van der Waals surface area (Å²) in [6, 6.07) is 12.8. The van der Waals surface area contributed by atoms with E-state index < -0.39 is 5.82 Å². The van der Waals surface area contributed by atoms with Gasteiger partial charge in [-0.15, -0.1) is 0 Å². The minimum Gasteiger partial charge on any atom is -0.444 e. The summed E-state index contributed by atoms with van der Waals surface area (Å²) >= 11 is 0. The van der Waals surface area contributed by atoms with E-state index in [4.69, 9.17) is 4.42 Å². The van der Waals surface area contributed by atoms with Gasteiger partial charge < -0.3 is 19.5 Å². The zero-order valence-corrected chi connectivity index (χ0v) is 19.5. The van der Waals surface area contributed by atoms with E-state index >= 15 is 0 Å². The van der Waals surface area contributed by atoms with E-state index in [9.17, 15) is 14.4 Å². The fraction of sp³-hybridized carbons (Fsp3) is 0.280. The Hall–Kier alpha value is -4.39. The van der Waals surface area contributed by atoms with Crippen LogP contribution >= 0.6 is 0 Å². The molecule has 1 atom stereocenters. The molecule has 1 saturated heterocycles. The Balaban J connectivity index is 1.50. The number of aliphatic imine (C=N–C) groups is 1. The van der Waals surface area contributed by atoms with Crippen molar-refractivity contribution in [2.75, 3.05) is 25.0 Å². The first-order valence-corrected chi connectivity index (χ1v) is 11.3. The van der Waals surface area contributed by atoms with Gasteiger partial charge in [-0.05, 0) is 48.4 Å². The quantitative estimate of drug-likeness (QED) is 0.250. The topological polar surface area (TPSA) is 110 Å². The van der Waals surface area contributed by atoms with Gasteiger partial charge in [0.1, 0.15) is 5.82 Å². The number of nitrogens with one attached hydrogen (secondary N) is 2. The van der Waals surface area contributed by atoms with Crippen molar-refractivity contribution >= 4 is 23.4 Å². The Morgan fingerprint density at radius 1 is 1.26 bits per heavy atom. The van der Waals surface area contributed by atoms with Crippen LogP contribution in [0.15, 0.2) is 70.5 Å². The maximum Gasteiger partial charge on any atom is 0.321 e. The predicted octanol–water partition coefficient (Wildman–Crippen LogP) is 4.41. The van der Waals surface area contributed by atoms with Gasteiger partial charge in [0.25, 0.3) is 0 Å². The highest BCUT2D eigenvalue weighted by molar-refractivity contribution is 5.90. The summed E-state index contributed by atoms with van der Waals surface area (Å²) in [6.45, 7) is 5.43. The Morgan fingerprint density at radius 3 is 2.71 bits per heavy atom. The van der Waals surface area contributed by atoms with Crippen LogP contribution in [-0.4, -0.2) is 52.5 Å². The minimum absolute atomic E-state index is 0.0879. The van der Waals surface area contributed by atoms with Crippen LogP contribution in [0.4, 0.5) is 20.6 Å². The molecule has 0 bridgehead atoms. The van der Waals surface area contributed by atoms with E-state index in [1.165, 1.54) is 18.5 Å². The minimum atomic E-state index is -0.412. The van der Waals surface area contributed by atoms with E-state index in [1.54, 1.807) is 23.2 Å². The number of carbonyl (C=O) groups excluding carboxylic acids is 1. The SMILES string of the molecule is CC(C)C1CN(C(=O)Nc2cccc(F)c2)CCN1C(=Nc1ccc(-c2cnco2)cc1)NC#N. The van der Waals surface area contributed by atoms with Crippen molar-refractivity contribution in [1.29, 1.82) is 5.26 Å². The van der Waals surface area contributed by atoms with Gasteiger partial charge in [-0.25, -0.2) is 19.2 Å². The fourth-order valence-corrected chi connectivity index (χ4v) is 3.99. The number of nitriles is 1. The van der Waals surface area contributed by atoms with Crippen molar-refractivity contribution in [1.82, 2.24) is 20.1 Å². The number of urea groups is 1. The predicted molar refractivity (Wildman–Crippen MR) is 130 cm³/mol. The summed E-state index contributed by atoms with van der Waals surface area (Å²) in [5.41, 5.74) is 1.94. The molecular weight excluding hydrogens is 449 g/mol. The molecule has 2 aromatic carbocycles. The number of halogens is 1. The lowest BCUT2D eigenvalue weighted by molar-refractivity contribution is 0.118. The molecule has 0 saturated carbocycles. The number of oxazole rings is 1. The summed E-state index contributed by atoms with van der Waals surface area (Å²) in [6.07, 6.45) is 4.99. The molecule has 2 amide bonds. The fourth-order valence-electron chi connectivity index (χ4n) is 3.99. The van der Waals surface area contributed by atoms with Crippen LogP contribution < -0.4 is 10.6 Å². The lowest BCUT2D eigenvalue weighted by Gasteiger charge is -2.44. The average Bonchev–Trinajstić information content (AvgIpc) is 3.39. The molecule has 4 rings (SSSR count). The van der Waals surface area contributed by atoms with Gasteiger partial charge in [0, 0.05) is 30.9 Å². The van der Waals surface area contributed by atoms with Crippen molar-refractivity contribution < 1.29 is 13.6 Å². The van der Waals surface area contributed by atoms with Gasteiger partial charge in [0.15, 0.2) is 18.3 Å². The van der Waals surface area contributed by atoms with Gasteiger partial charge in [-0.2, -0.15) is 5.26 Å². The number of carbonyl (C=O) groups is 1.